The van der Waals surface area contributed by atoms with Crippen LogP contribution in [0.25, 0.3) is 10.6 Å². The van der Waals surface area contributed by atoms with Crippen molar-refractivity contribution in [3.05, 3.63) is 34.2 Å². The lowest BCUT2D eigenvalue weighted by atomic mass is 9.99. The summed E-state index contributed by atoms with van der Waals surface area (Å²) in [5.74, 6) is 0.451. The molecule has 2 heterocycles. The molecule has 7 heteroatoms. The maximum absolute atomic E-state index is 12.1. The van der Waals surface area contributed by atoms with E-state index in [0.29, 0.717) is 18.2 Å². The Labute approximate surface area is 147 Å². The lowest BCUT2D eigenvalue weighted by molar-refractivity contribution is 0.131. The zero-order chi connectivity index (χ0) is 16.1. The van der Waals surface area contributed by atoms with Crippen molar-refractivity contribution in [2.45, 2.75) is 12.8 Å². The normalized spacial score (nSPS) is 15.3. The third-order valence-electron chi connectivity index (χ3n) is 3.78. The number of carbonyl (C=O) groups excluding carboxylic acids is 1. The molecular formula is C16H18BrN3O2S. The number of nitrogens with zero attached hydrogens (tertiary/aromatic N) is 1. The highest BCUT2D eigenvalue weighted by molar-refractivity contribution is 9.10. The highest BCUT2D eigenvalue weighted by atomic mass is 79.9. The summed E-state index contributed by atoms with van der Waals surface area (Å²) in [4.78, 5) is 16.5. The van der Waals surface area contributed by atoms with Crippen LogP contribution in [0.15, 0.2) is 34.2 Å². The molecule has 1 aliphatic heterocycles. The predicted octanol–water partition coefficient (Wildman–Crippen LogP) is 4.12. The number of hydrogen-bond donors (Lipinski definition) is 2. The number of amides is 1. The minimum Gasteiger partial charge on any atom is -0.449 e. The molecule has 0 atom stereocenters. The van der Waals surface area contributed by atoms with Gasteiger partial charge >= 0.3 is 6.09 Å². The fraction of sp³-hybridized carbons (Fsp3) is 0.375. The minimum absolute atomic E-state index is 0.411. The first-order valence-corrected chi connectivity index (χ1v) is 9.24. The molecule has 0 radical (unpaired) electrons. The summed E-state index contributed by atoms with van der Waals surface area (Å²) in [6, 6.07) is 7.61. The van der Waals surface area contributed by atoms with Crippen LogP contribution in [0, 0.1) is 5.92 Å². The van der Waals surface area contributed by atoms with Crippen molar-refractivity contribution in [2.24, 2.45) is 5.92 Å². The number of rotatable bonds is 4. The second kappa shape index (κ2) is 7.90. The van der Waals surface area contributed by atoms with Gasteiger partial charge in [-0.15, -0.1) is 11.3 Å². The van der Waals surface area contributed by atoms with Crippen LogP contribution < -0.4 is 10.6 Å². The van der Waals surface area contributed by atoms with E-state index in [0.717, 1.165) is 41.1 Å². The van der Waals surface area contributed by atoms with Crippen molar-refractivity contribution in [2.75, 3.05) is 25.0 Å². The highest BCUT2D eigenvalue weighted by Gasteiger charge is 2.16. The molecule has 3 rings (SSSR count). The van der Waals surface area contributed by atoms with Gasteiger partial charge in [-0.1, -0.05) is 12.1 Å². The summed E-state index contributed by atoms with van der Waals surface area (Å²) >= 11 is 4.88. The Bertz CT molecular complexity index is 671. The number of aromatic nitrogens is 1. The van der Waals surface area contributed by atoms with Gasteiger partial charge in [0.25, 0.3) is 0 Å². The van der Waals surface area contributed by atoms with Gasteiger partial charge in [0.05, 0.1) is 12.3 Å². The van der Waals surface area contributed by atoms with Gasteiger partial charge < -0.3 is 10.1 Å². The SMILES string of the molecule is O=C(Nc1ccccc1-c1nc(Br)cs1)OCC1CCNCC1. The van der Waals surface area contributed by atoms with Gasteiger partial charge in [-0.25, -0.2) is 9.78 Å². The van der Waals surface area contributed by atoms with Gasteiger partial charge in [0.15, 0.2) is 0 Å². The van der Waals surface area contributed by atoms with Crippen LogP contribution in [-0.4, -0.2) is 30.8 Å². The maximum atomic E-state index is 12.1. The molecule has 0 bridgehead atoms. The number of hydrogen-bond acceptors (Lipinski definition) is 5. The molecule has 1 fully saturated rings. The molecule has 1 aromatic heterocycles. The van der Waals surface area contributed by atoms with E-state index in [-0.39, 0.29) is 0 Å². The predicted molar refractivity (Wildman–Crippen MR) is 95.8 cm³/mol. The standard InChI is InChI=1S/C16H18BrN3O2S/c17-14-10-23-15(20-14)12-3-1-2-4-13(12)19-16(21)22-9-11-5-7-18-8-6-11/h1-4,10-11,18H,5-9H2,(H,19,21). The number of para-hydroxylation sites is 1. The summed E-state index contributed by atoms with van der Waals surface area (Å²) in [6.07, 6.45) is 1.69. The van der Waals surface area contributed by atoms with Crippen molar-refractivity contribution >= 4 is 39.0 Å². The van der Waals surface area contributed by atoms with Crippen LogP contribution in [0.1, 0.15) is 12.8 Å². The zero-order valence-corrected chi connectivity index (χ0v) is 15.0. The second-order valence-electron chi connectivity index (χ2n) is 5.44. The van der Waals surface area contributed by atoms with E-state index in [9.17, 15) is 4.79 Å². The zero-order valence-electron chi connectivity index (χ0n) is 12.5. The number of piperidine rings is 1. The Hall–Kier alpha value is -1.44. The first-order chi connectivity index (χ1) is 11.2. The first kappa shape index (κ1) is 16.4. The Balaban J connectivity index is 1.62. The van der Waals surface area contributed by atoms with Gasteiger partial charge in [-0.05, 0) is 59.9 Å². The van der Waals surface area contributed by atoms with Crippen molar-refractivity contribution in [3.8, 4) is 10.6 Å². The second-order valence-corrected chi connectivity index (χ2v) is 7.11. The van der Waals surface area contributed by atoms with E-state index in [1.165, 1.54) is 11.3 Å². The summed E-state index contributed by atoms with van der Waals surface area (Å²) in [6.45, 7) is 2.47. The van der Waals surface area contributed by atoms with E-state index in [4.69, 9.17) is 4.74 Å². The number of halogens is 1. The average Bonchev–Trinajstić information content (AvgIpc) is 3.01. The Kier molecular flexibility index (Phi) is 5.64. The fourth-order valence-electron chi connectivity index (χ4n) is 2.54. The number of benzene rings is 1. The molecule has 23 heavy (non-hydrogen) atoms. The molecule has 0 aliphatic carbocycles. The summed E-state index contributed by atoms with van der Waals surface area (Å²) in [5, 5.41) is 8.91. The van der Waals surface area contributed by atoms with Crippen LogP contribution in [0.5, 0.6) is 0 Å². The lowest BCUT2D eigenvalue weighted by Crippen LogP contribution is -2.31. The van der Waals surface area contributed by atoms with Crippen LogP contribution in [0.4, 0.5) is 10.5 Å². The van der Waals surface area contributed by atoms with Crippen molar-refractivity contribution in [1.29, 1.82) is 0 Å². The molecular weight excluding hydrogens is 378 g/mol. The maximum Gasteiger partial charge on any atom is 0.411 e. The number of ether oxygens (including phenoxy) is 1. The Morgan fingerprint density at radius 1 is 1.39 bits per heavy atom. The van der Waals surface area contributed by atoms with Crippen molar-refractivity contribution in [3.63, 3.8) is 0 Å². The smallest absolute Gasteiger partial charge is 0.411 e. The summed E-state index contributed by atoms with van der Waals surface area (Å²) in [5.41, 5.74) is 1.60. The van der Waals surface area contributed by atoms with Crippen LogP contribution in [0.3, 0.4) is 0 Å². The summed E-state index contributed by atoms with van der Waals surface area (Å²) < 4.78 is 6.17. The van der Waals surface area contributed by atoms with E-state index in [2.05, 4.69) is 31.5 Å². The highest BCUT2D eigenvalue weighted by Crippen LogP contribution is 2.31. The lowest BCUT2D eigenvalue weighted by Gasteiger charge is -2.22. The summed E-state index contributed by atoms with van der Waals surface area (Å²) in [7, 11) is 0. The fourth-order valence-corrected chi connectivity index (χ4v) is 3.84. The monoisotopic (exact) mass is 395 g/mol. The third kappa shape index (κ3) is 4.53. The quantitative estimate of drug-likeness (QED) is 0.816. The molecule has 0 unspecified atom stereocenters. The van der Waals surface area contributed by atoms with Gasteiger partial charge in [-0.2, -0.15) is 0 Å². The Morgan fingerprint density at radius 2 is 2.17 bits per heavy atom. The van der Waals surface area contributed by atoms with E-state index in [1.807, 2.05) is 29.6 Å². The molecule has 122 valence electrons. The topological polar surface area (TPSA) is 63.2 Å². The molecule has 2 N–H and O–H groups in total. The van der Waals surface area contributed by atoms with Crippen LogP contribution in [0.2, 0.25) is 0 Å². The van der Waals surface area contributed by atoms with E-state index in [1.54, 1.807) is 0 Å². The van der Waals surface area contributed by atoms with Crippen molar-refractivity contribution < 1.29 is 9.53 Å². The third-order valence-corrected chi connectivity index (χ3v) is 5.36. The van der Waals surface area contributed by atoms with Crippen LogP contribution in [-0.2, 0) is 4.74 Å². The molecule has 5 nitrogen and oxygen atoms in total. The molecule has 0 spiro atoms. The number of thiazole rings is 1. The molecule has 1 saturated heterocycles. The van der Waals surface area contributed by atoms with Gasteiger partial charge in [0.1, 0.15) is 9.61 Å². The van der Waals surface area contributed by atoms with E-state index < -0.39 is 6.09 Å². The molecule has 1 aromatic carbocycles. The number of anilines is 1. The number of nitrogens with one attached hydrogen (secondary N) is 2. The average molecular weight is 396 g/mol. The molecule has 1 aliphatic rings. The van der Waals surface area contributed by atoms with Gasteiger partial charge in [0, 0.05) is 10.9 Å². The van der Waals surface area contributed by atoms with E-state index >= 15 is 0 Å². The first-order valence-electron chi connectivity index (χ1n) is 7.57. The molecule has 2 aromatic rings. The Morgan fingerprint density at radius 3 is 2.91 bits per heavy atom. The largest absolute Gasteiger partial charge is 0.449 e. The molecule has 1 amide bonds. The molecule has 0 saturated carbocycles. The van der Waals surface area contributed by atoms with Crippen molar-refractivity contribution in [1.82, 2.24) is 10.3 Å². The van der Waals surface area contributed by atoms with Crippen LogP contribution >= 0.6 is 27.3 Å². The van der Waals surface area contributed by atoms with Gasteiger partial charge in [0.2, 0.25) is 0 Å². The number of carbonyl (C=O) groups is 1. The minimum atomic E-state index is -0.411. The van der Waals surface area contributed by atoms with Gasteiger partial charge in [-0.3, -0.25) is 5.32 Å².